The summed E-state index contributed by atoms with van der Waals surface area (Å²) < 4.78 is 5.34. The summed E-state index contributed by atoms with van der Waals surface area (Å²) >= 11 is 0. The van der Waals surface area contributed by atoms with Crippen molar-refractivity contribution in [2.45, 2.75) is 0 Å². The van der Waals surface area contributed by atoms with E-state index in [2.05, 4.69) is 5.32 Å². The highest BCUT2D eigenvalue weighted by molar-refractivity contribution is 5.82. The Kier molecular flexibility index (Phi) is 2.80. The molecule has 0 unspecified atom stereocenters. The fourth-order valence-electron chi connectivity index (χ4n) is 2.11. The molecule has 0 spiro atoms. The van der Waals surface area contributed by atoms with E-state index in [1.165, 1.54) is 0 Å². The van der Waals surface area contributed by atoms with Gasteiger partial charge < -0.3 is 9.73 Å². The van der Waals surface area contributed by atoms with Gasteiger partial charge in [-0.25, -0.2) is 4.79 Å². The number of para-hydroxylation sites is 1. The zero-order valence-corrected chi connectivity index (χ0v) is 10.5. The van der Waals surface area contributed by atoms with Crippen molar-refractivity contribution in [1.29, 1.82) is 0 Å². The van der Waals surface area contributed by atoms with E-state index in [0.29, 0.717) is 11.1 Å². The Morgan fingerprint density at radius 2 is 1.84 bits per heavy atom. The largest absolute Gasteiger partial charge is 0.422 e. The van der Waals surface area contributed by atoms with Crippen molar-refractivity contribution in [1.82, 2.24) is 0 Å². The molecule has 0 aliphatic heterocycles. The van der Waals surface area contributed by atoms with Crippen LogP contribution in [0.2, 0.25) is 0 Å². The summed E-state index contributed by atoms with van der Waals surface area (Å²) in [5, 5.41) is 3.98. The second-order valence-electron chi connectivity index (χ2n) is 4.32. The first-order valence-electron chi connectivity index (χ1n) is 6.09. The molecule has 2 aromatic carbocycles. The third-order valence-electron chi connectivity index (χ3n) is 3.10. The molecular formula is C16H13NO2. The molecule has 0 atom stereocenters. The summed E-state index contributed by atoms with van der Waals surface area (Å²) in [5.74, 6) is 0. The Balaban J connectivity index is 2.24. The molecule has 0 aliphatic carbocycles. The van der Waals surface area contributed by atoms with Crippen LogP contribution >= 0.6 is 0 Å². The van der Waals surface area contributed by atoms with Gasteiger partial charge in [-0.15, -0.1) is 0 Å². The number of hydrogen-bond acceptors (Lipinski definition) is 3. The predicted molar refractivity (Wildman–Crippen MR) is 77.5 cm³/mol. The molecule has 0 saturated heterocycles. The maximum Gasteiger partial charge on any atom is 0.344 e. The van der Waals surface area contributed by atoms with Gasteiger partial charge in [0.1, 0.15) is 5.58 Å². The number of nitrogens with one attached hydrogen (secondary N) is 1. The van der Waals surface area contributed by atoms with Gasteiger partial charge in [0.05, 0.1) is 5.56 Å². The quantitative estimate of drug-likeness (QED) is 0.709. The summed E-state index contributed by atoms with van der Waals surface area (Å²) in [6, 6.07) is 17.1. The molecule has 3 rings (SSSR count). The number of fused-ring (bicyclic) bond motifs is 1. The molecule has 1 heterocycles. The molecule has 0 radical (unpaired) electrons. The van der Waals surface area contributed by atoms with Crippen LogP contribution in [-0.4, -0.2) is 7.05 Å². The maximum absolute atomic E-state index is 12.0. The molecule has 19 heavy (non-hydrogen) atoms. The van der Waals surface area contributed by atoms with Gasteiger partial charge in [0.2, 0.25) is 0 Å². The second-order valence-corrected chi connectivity index (χ2v) is 4.32. The zero-order valence-electron chi connectivity index (χ0n) is 10.5. The predicted octanol–water partition coefficient (Wildman–Crippen LogP) is 3.50. The van der Waals surface area contributed by atoms with Gasteiger partial charge in [-0.2, -0.15) is 0 Å². The Bertz CT molecular complexity index is 790. The van der Waals surface area contributed by atoms with Crippen molar-refractivity contribution in [2.75, 3.05) is 12.4 Å². The van der Waals surface area contributed by atoms with Gasteiger partial charge in [0.25, 0.3) is 0 Å². The Morgan fingerprint density at radius 3 is 2.68 bits per heavy atom. The third kappa shape index (κ3) is 2.10. The lowest BCUT2D eigenvalue weighted by Crippen LogP contribution is -2.02. The Labute approximate surface area is 110 Å². The van der Waals surface area contributed by atoms with E-state index in [1.807, 2.05) is 55.6 Å². The second kappa shape index (κ2) is 4.61. The van der Waals surface area contributed by atoms with Crippen LogP contribution in [-0.2, 0) is 0 Å². The molecule has 1 N–H and O–H groups in total. The van der Waals surface area contributed by atoms with Crippen LogP contribution in [0, 0.1) is 0 Å². The minimum absolute atomic E-state index is 0.313. The molecule has 94 valence electrons. The van der Waals surface area contributed by atoms with E-state index in [1.54, 1.807) is 6.07 Å². The van der Waals surface area contributed by atoms with Crippen LogP contribution in [0.1, 0.15) is 0 Å². The molecule has 0 amide bonds. The monoisotopic (exact) mass is 251 g/mol. The van der Waals surface area contributed by atoms with Gasteiger partial charge in [-0.1, -0.05) is 30.3 Å². The average Bonchev–Trinajstić information content (AvgIpc) is 2.46. The Morgan fingerprint density at radius 1 is 1.00 bits per heavy atom. The number of rotatable bonds is 2. The molecule has 0 fully saturated rings. The summed E-state index contributed by atoms with van der Waals surface area (Å²) in [4.78, 5) is 12.0. The van der Waals surface area contributed by atoms with E-state index in [-0.39, 0.29) is 5.63 Å². The first kappa shape index (κ1) is 11.5. The van der Waals surface area contributed by atoms with Crippen LogP contribution in [0.3, 0.4) is 0 Å². The highest BCUT2D eigenvalue weighted by Gasteiger charge is 2.07. The van der Waals surface area contributed by atoms with Crippen LogP contribution in [0.5, 0.6) is 0 Å². The molecule has 3 aromatic rings. The van der Waals surface area contributed by atoms with E-state index < -0.39 is 0 Å². The highest BCUT2D eigenvalue weighted by atomic mass is 16.4. The van der Waals surface area contributed by atoms with Crippen LogP contribution < -0.4 is 10.9 Å². The summed E-state index contributed by atoms with van der Waals surface area (Å²) in [6.07, 6.45) is 0. The van der Waals surface area contributed by atoms with E-state index in [0.717, 1.165) is 16.6 Å². The molecule has 3 nitrogen and oxygen atoms in total. The van der Waals surface area contributed by atoms with Crippen LogP contribution in [0.25, 0.3) is 22.1 Å². The summed E-state index contributed by atoms with van der Waals surface area (Å²) in [5.41, 5.74) is 2.69. The van der Waals surface area contributed by atoms with Gasteiger partial charge in [-0.3, -0.25) is 0 Å². The van der Waals surface area contributed by atoms with E-state index >= 15 is 0 Å². The van der Waals surface area contributed by atoms with Gasteiger partial charge >= 0.3 is 5.63 Å². The third-order valence-corrected chi connectivity index (χ3v) is 3.10. The normalized spacial score (nSPS) is 10.6. The SMILES string of the molecule is CNc1cccc(-c2cc3ccccc3oc2=O)c1. The van der Waals surface area contributed by atoms with Crippen LogP contribution in [0.15, 0.2) is 63.8 Å². The Hall–Kier alpha value is -2.55. The van der Waals surface area contributed by atoms with Crippen molar-refractivity contribution >= 4 is 16.7 Å². The number of anilines is 1. The first-order valence-corrected chi connectivity index (χ1v) is 6.09. The lowest BCUT2D eigenvalue weighted by molar-refractivity contribution is 0.563. The number of hydrogen-bond donors (Lipinski definition) is 1. The van der Waals surface area contributed by atoms with Gasteiger partial charge in [0.15, 0.2) is 0 Å². The lowest BCUT2D eigenvalue weighted by atomic mass is 10.1. The highest BCUT2D eigenvalue weighted by Crippen LogP contribution is 2.23. The average molecular weight is 251 g/mol. The molecule has 0 saturated carbocycles. The molecule has 0 bridgehead atoms. The molecule has 3 heteroatoms. The van der Waals surface area contributed by atoms with Gasteiger partial charge in [-0.05, 0) is 29.8 Å². The van der Waals surface area contributed by atoms with Gasteiger partial charge in [0, 0.05) is 18.1 Å². The summed E-state index contributed by atoms with van der Waals surface area (Å²) in [6.45, 7) is 0. The van der Waals surface area contributed by atoms with Crippen molar-refractivity contribution in [2.24, 2.45) is 0 Å². The van der Waals surface area contributed by atoms with E-state index in [9.17, 15) is 4.79 Å². The first-order chi connectivity index (χ1) is 9.28. The minimum atomic E-state index is -0.313. The van der Waals surface area contributed by atoms with Crippen molar-refractivity contribution in [3.05, 3.63) is 65.0 Å². The molecule has 1 aromatic heterocycles. The topological polar surface area (TPSA) is 42.2 Å². The lowest BCUT2D eigenvalue weighted by Gasteiger charge is -2.05. The zero-order chi connectivity index (χ0) is 13.2. The molecule has 0 aliphatic rings. The summed E-state index contributed by atoms with van der Waals surface area (Å²) in [7, 11) is 1.85. The maximum atomic E-state index is 12.0. The minimum Gasteiger partial charge on any atom is -0.422 e. The molecular weight excluding hydrogens is 238 g/mol. The van der Waals surface area contributed by atoms with Crippen molar-refractivity contribution in [3.8, 4) is 11.1 Å². The smallest absolute Gasteiger partial charge is 0.344 e. The van der Waals surface area contributed by atoms with Crippen molar-refractivity contribution < 1.29 is 4.42 Å². The van der Waals surface area contributed by atoms with Crippen molar-refractivity contribution in [3.63, 3.8) is 0 Å². The van der Waals surface area contributed by atoms with E-state index in [4.69, 9.17) is 4.42 Å². The fourth-order valence-corrected chi connectivity index (χ4v) is 2.11. The standard InChI is InChI=1S/C16H13NO2/c1-17-13-7-4-6-11(9-13)14-10-12-5-2-3-8-15(12)19-16(14)18/h2-10,17H,1H3. The van der Waals surface area contributed by atoms with Crippen LogP contribution in [0.4, 0.5) is 5.69 Å². The fraction of sp³-hybridized carbons (Fsp3) is 0.0625. The number of benzene rings is 2.